The van der Waals surface area contributed by atoms with E-state index in [-0.39, 0.29) is 23.1 Å². The van der Waals surface area contributed by atoms with Gasteiger partial charge in [-0.2, -0.15) is 0 Å². The van der Waals surface area contributed by atoms with Crippen LogP contribution < -0.4 is 10.1 Å². The monoisotopic (exact) mass is 581 g/mol. The van der Waals surface area contributed by atoms with E-state index in [4.69, 9.17) is 16.3 Å². The summed E-state index contributed by atoms with van der Waals surface area (Å²) in [6.45, 7) is 3.36. The second-order valence-corrected chi connectivity index (χ2v) is 10.2. The largest absolute Gasteiger partial charge is 0.478 e. The van der Waals surface area contributed by atoms with Gasteiger partial charge < -0.3 is 20.1 Å². The van der Waals surface area contributed by atoms with Gasteiger partial charge >= 0.3 is 11.9 Å². The second-order valence-electron chi connectivity index (χ2n) is 9.81. The van der Waals surface area contributed by atoms with Crippen molar-refractivity contribution >= 4 is 40.5 Å². The smallest absolute Gasteiger partial charge is 0.336 e. The van der Waals surface area contributed by atoms with Crippen molar-refractivity contribution in [3.8, 4) is 28.3 Å². The molecule has 3 N–H and O–H groups in total. The zero-order valence-corrected chi connectivity index (χ0v) is 23.7. The third kappa shape index (κ3) is 6.04. The van der Waals surface area contributed by atoms with E-state index in [1.165, 1.54) is 13.0 Å². The number of aromatic amines is 1. The van der Waals surface area contributed by atoms with Gasteiger partial charge in [-0.25, -0.2) is 9.78 Å². The van der Waals surface area contributed by atoms with Crippen LogP contribution in [0.5, 0.6) is 5.75 Å². The van der Waals surface area contributed by atoms with Crippen LogP contribution in [0.25, 0.3) is 33.5 Å². The van der Waals surface area contributed by atoms with Crippen molar-refractivity contribution in [2.45, 2.75) is 32.7 Å². The minimum atomic E-state index is -1.20. The van der Waals surface area contributed by atoms with Crippen LogP contribution in [-0.2, 0) is 4.79 Å². The van der Waals surface area contributed by atoms with Crippen LogP contribution in [0, 0.1) is 0 Å². The minimum absolute atomic E-state index is 0.0722. The van der Waals surface area contributed by atoms with Crippen LogP contribution >= 0.6 is 11.6 Å². The van der Waals surface area contributed by atoms with Gasteiger partial charge in [0.1, 0.15) is 11.6 Å². The first-order valence-electron chi connectivity index (χ1n) is 13.5. The van der Waals surface area contributed by atoms with Crippen molar-refractivity contribution in [1.82, 2.24) is 15.3 Å². The molecule has 0 spiro atoms. The number of nitrogens with one attached hydrogen (secondary N) is 2. The molecule has 4 aromatic carbocycles. The molecule has 9 heteroatoms. The molecule has 0 unspecified atom stereocenters. The van der Waals surface area contributed by atoms with Crippen LogP contribution in [0.2, 0.25) is 5.02 Å². The summed E-state index contributed by atoms with van der Waals surface area (Å²) in [6, 6.07) is 24.3. The summed E-state index contributed by atoms with van der Waals surface area (Å²) in [6.07, 6.45) is 1.60. The van der Waals surface area contributed by atoms with Crippen LogP contribution in [0.4, 0.5) is 0 Å². The number of carbonyl (C=O) groups is 3. The summed E-state index contributed by atoms with van der Waals surface area (Å²) < 4.78 is 5.17. The molecule has 0 fully saturated rings. The molecule has 1 aromatic heterocycles. The Morgan fingerprint density at radius 3 is 2.48 bits per heavy atom. The Bertz CT molecular complexity index is 1800. The number of esters is 1. The summed E-state index contributed by atoms with van der Waals surface area (Å²) in [5.41, 5.74) is 3.75. The predicted octanol–water partition coefficient (Wildman–Crippen LogP) is 7.45. The highest BCUT2D eigenvalue weighted by molar-refractivity contribution is 6.34. The number of H-pyrrole nitrogens is 1. The molecule has 5 rings (SSSR count). The number of nitrogens with zero attached hydrogens (tertiary/aromatic N) is 1. The Labute approximate surface area is 247 Å². The lowest BCUT2D eigenvalue weighted by Crippen LogP contribution is -2.28. The second kappa shape index (κ2) is 12.3. The number of carboxylic acid groups (broad SMARTS) is 1. The van der Waals surface area contributed by atoms with Gasteiger partial charge in [0.15, 0.2) is 0 Å². The lowest BCUT2D eigenvalue weighted by Gasteiger charge is -2.19. The van der Waals surface area contributed by atoms with E-state index in [2.05, 4.69) is 15.3 Å². The number of halogens is 1. The van der Waals surface area contributed by atoms with Crippen molar-refractivity contribution < 1.29 is 24.2 Å². The predicted molar refractivity (Wildman–Crippen MR) is 162 cm³/mol. The van der Waals surface area contributed by atoms with Gasteiger partial charge in [0.05, 0.1) is 22.6 Å². The number of imidazole rings is 1. The molecule has 0 aliphatic rings. The highest BCUT2D eigenvalue weighted by atomic mass is 35.5. The first-order chi connectivity index (χ1) is 20.2. The van der Waals surface area contributed by atoms with Crippen molar-refractivity contribution in [2.24, 2.45) is 0 Å². The SMILES string of the molecule is CCC[C@@H](NC(=O)c1ccc(-c2c(Cl)cccc2-c2nc3cc(OC(C)=O)ccc3[nH]2)c(C(=O)O)c1)c1ccccc1. The number of aromatic nitrogens is 2. The fourth-order valence-electron chi connectivity index (χ4n) is 4.96. The number of hydrogen-bond donors (Lipinski definition) is 3. The molecular formula is C33H28ClN3O5. The summed E-state index contributed by atoms with van der Waals surface area (Å²) in [7, 11) is 0. The molecule has 8 nitrogen and oxygen atoms in total. The molecule has 0 bridgehead atoms. The molecule has 0 saturated heterocycles. The van der Waals surface area contributed by atoms with E-state index in [9.17, 15) is 19.5 Å². The number of aromatic carboxylic acids is 1. The third-order valence-corrected chi connectivity index (χ3v) is 7.17. The standard InChI is InChI=1S/C33H28ClN3O5/c1-3-8-27(20-9-5-4-6-10-20)37-32(39)21-13-15-23(25(17-21)33(40)41)30-24(11-7-12-26(30)34)31-35-28-16-14-22(42-19(2)38)18-29(28)36-31/h4-7,9-18,27H,3,8H2,1-2H3,(H,35,36)(H,37,39)(H,40,41)/t27-/m1/s1. The van der Waals surface area contributed by atoms with Crippen LogP contribution in [0.15, 0.2) is 84.9 Å². The number of hydrogen-bond acceptors (Lipinski definition) is 5. The Morgan fingerprint density at radius 1 is 0.976 bits per heavy atom. The van der Waals surface area contributed by atoms with Crippen LogP contribution in [0.1, 0.15) is 59.0 Å². The molecular weight excluding hydrogens is 554 g/mol. The van der Waals surface area contributed by atoms with Crippen molar-refractivity contribution in [1.29, 1.82) is 0 Å². The number of rotatable bonds is 9. The zero-order valence-electron chi connectivity index (χ0n) is 23.0. The fraction of sp³-hybridized carbons (Fsp3) is 0.152. The Hall–Kier alpha value is -4.95. The molecule has 42 heavy (non-hydrogen) atoms. The van der Waals surface area contributed by atoms with E-state index < -0.39 is 11.9 Å². The lowest BCUT2D eigenvalue weighted by atomic mass is 9.93. The molecule has 1 amide bonds. The summed E-state index contributed by atoms with van der Waals surface area (Å²) in [5.74, 6) is -1.21. The van der Waals surface area contributed by atoms with Crippen LogP contribution in [-0.4, -0.2) is 32.9 Å². The zero-order chi connectivity index (χ0) is 29.8. The summed E-state index contributed by atoms with van der Waals surface area (Å²) in [4.78, 5) is 45.1. The molecule has 5 aromatic rings. The van der Waals surface area contributed by atoms with Gasteiger partial charge in [-0.15, -0.1) is 0 Å². The number of amides is 1. The highest BCUT2D eigenvalue weighted by Crippen LogP contribution is 2.39. The molecule has 212 valence electrons. The average Bonchev–Trinajstić information content (AvgIpc) is 3.40. The first-order valence-corrected chi connectivity index (χ1v) is 13.8. The maximum Gasteiger partial charge on any atom is 0.336 e. The number of benzene rings is 4. The van der Waals surface area contributed by atoms with E-state index in [0.717, 1.165) is 18.4 Å². The summed E-state index contributed by atoms with van der Waals surface area (Å²) >= 11 is 6.67. The van der Waals surface area contributed by atoms with Gasteiger partial charge in [-0.3, -0.25) is 9.59 Å². The van der Waals surface area contributed by atoms with E-state index in [1.54, 1.807) is 48.5 Å². The van der Waals surface area contributed by atoms with E-state index in [1.807, 2.05) is 37.3 Å². The molecule has 0 radical (unpaired) electrons. The third-order valence-electron chi connectivity index (χ3n) is 6.85. The lowest BCUT2D eigenvalue weighted by molar-refractivity contribution is -0.131. The maximum atomic E-state index is 13.3. The topological polar surface area (TPSA) is 121 Å². The average molecular weight is 582 g/mol. The van der Waals surface area contributed by atoms with Gasteiger partial charge in [0.2, 0.25) is 0 Å². The Kier molecular flexibility index (Phi) is 8.36. The molecule has 1 heterocycles. The molecule has 0 aliphatic heterocycles. The Balaban J connectivity index is 1.54. The number of ether oxygens (including phenoxy) is 1. The van der Waals surface area contributed by atoms with E-state index in [0.29, 0.717) is 44.3 Å². The Morgan fingerprint density at radius 2 is 1.76 bits per heavy atom. The number of carbonyl (C=O) groups excluding carboxylic acids is 2. The van der Waals surface area contributed by atoms with Gasteiger partial charge in [0.25, 0.3) is 5.91 Å². The molecule has 0 saturated carbocycles. The molecule has 0 aliphatic carbocycles. The van der Waals surface area contributed by atoms with Crippen molar-refractivity contribution in [3.63, 3.8) is 0 Å². The number of carboxylic acids is 1. The van der Waals surface area contributed by atoms with Crippen LogP contribution in [0.3, 0.4) is 0 Å². The normalized spacial score (nSPS) is 11.7. The van der Waals surface area contributed by atoms with E-state index >= 15 is 0 Å². The highest BCUT2D eigenvalue weighted by Gasteiger charge is 2.23. The molecule has 1 atom stereocenters. The summed E-state index contributed by atoms with van der Waals surface area (Å²) in [5, 5.41) is 13.6. The van der Waals surface area contributed by atoms with Gasteiger partial charge in [-0.05, 0) is 47.9 Å². The quantitative estimate of drug-likeness (QED) is 0.123. The number of fused-ring (bicyclic) bond motifs is 1. The van der Waals surface area contributed by atoms with Crippen molar-refractivity contribution in [3.05, 3.63) is 107 Å². The first kappa shape index (κ1) is 28.6. The van der Waals surface area contributed by atoms with Gasteiger partial charge in [-0.1, -0.05) is 73.5 Å². The van der Waals surface area contributed by atoms with Gasteiger partial charge in [0, 0.05) is 34.7 Å². The fourth-order valence-corrected chi connectivity index (χ4v) is 5.23. The minimum Gasteiger partial charge on any atom is -0.478 e. The maximum absolute atomic E-state index is 13.3. The van der Waals surface area contributed by atoms with Crippen molar-refractivity contribution in [2.75, 3.05) is 0 Å².